The van der Waals surface area contributed by atoms with Gasteiger partial charge in [0.1, 0.15) is 0 Å². The maximum atomic E-state index is 12.4. The van der Waals surface area contributed by atoms with Crippen molar-refractivity contribution in [3.63, 3.8) is 0 Å². The third-order valence-corrected chi connectivity index (χ3v) is 12.0. The molecule has 0 fully saturated rings. The molecule has 2 N–H and O–H groups in total. The Morgan fingerprint density at radius 1 is 0.440 bits per heavy atom. The van der Waals surface area contributed by atoms with Crippen LogP contribution in [0.4, 0.5) is 22.7 Å². The quantitative estimate of drug-likeness (QED) is 0.161. The normalized spacial score (nSPS) is 14.7. The van der Waals surface area contributed by atoms with E-state index in [4.69, 9.17) is 0 Å². The van der Waals surface area contributed by atoms with E-state index in [-0.39, 0.29) is 16.6 Å². The standard InChI is InChI=1S/C15H10Br2O.2C15H15N/c1-7-3-9-10-4-8(2)14(17)6-12(10)15(18)11(9)5-13(7)16;2*1-15(2)11-7-3-5-9-13(11)16-14-10-6-4-8-12(14)15/h3-6H,1-2H3;2*3-10,16H,1-2H3. The second-order valence-electron chi connectivity index (χ2n) is 14.3. The number of benzene rings is 6. The van der Waals surface area contributed by atoms with E-state index >= 15 is 0 Å². The molecule has 0 saturated carbocycles. The second-order valence-corrected chi connectivity index (χ2v) is 16.0. The Morgan fingerprint density at radius 3 is 1.02 bits per heavy atom. The van der Waals surface area contributed by atoms with Crippen LogP contribution in [0.1, 0.15) is 77.0 Å². The number of carbonyl (C=O) groups excluding carboxylic acids is 1. The maximum absolute atomic E-state index is 12.4. The van der Waals surface area contributed by atoms with Gasteiger partial charge < -0.3 is 10.6 Å². The van der Waals surface area contributed by atoms with E-state index in [0.717, 1.165) is 42.3 Å². The lowest BCUT2D eigenvalue weighted by Gasteiger charge is -2.35. The fraction of sp³-hybridized carbons (Fsp3) is 0.178. The van der Waals surface area contributed by atoms with Gasteiger partial charge in [0.05, 0.1) is 0 Å². The average molecular weight is 785 g/mol. The molecule has 0 aromatic heterocycles. The Morgan fingerprint density at radius 2 is 0.720 bits per heavy atom. The number of para-hydroxylation sites is 4. The molecular weight excluding hydrogens is 744 g/mol. The number of fused-ring (bicyclic) bond motifs is 7. The van der Waals surface area contributed by atoms with Gasteiger partial charge in [-0.25, -0.2) is 0 Å². The number of ketones is 1. The minimum absolute atomic E-state index is 0.0818. The SMILES string of the molecule is CC1(C)c2ccccc2Nc2ccccc21.CC1(C)c2ccccc2Nc2ccccc21.Cc1cc2c(cc1Br)C(=O)c1cc(Br)c(C)cc1-2. The summed E-state index contributed by atoms with van der Waals surface area (Å²) in [6.45, 7) is 13.2. The van der Waals surface area contributed by atoms with Gasteiger partial charge in [-0.15, -0.1) is 0 Å². The Kier molecular flexibility index (Phi) is 8.86. The zero-order valence-electron chi connectivity index (χ0n) is 29.2. The van der Waals surface area contributed by atoms with Gasteiger partial charge >= 0.3 is 0 Å². The molecule has 0 atom stereocenters. The summed E-state index contributed by atoms with van der Waals surface area (Å²) in [7, 11) is 0. The first-order chi connectivity index (χ1) is 23.9. The van der Waals surface area contributed by atoms with Crippen molar-refractivity contribution in [2.75, 3.05) is 10.6 Å². The molecule has 0 bridgehead atoms. The second kappa shape index (κ2) is 13.0. The molecule has 3 nitrogen and oxygen atoms in total. The van der Waals surface area contributed by atoms with Gasteiger partial charge in [0.25, 0.3) is 0 Å². The molecule has 2 heterocycles. The first kappa shape index (κ1) is 34.0. The molecule has 0 amide bonds. The van der Waals surface area contributed by atoms with Crippen molar-refractivity contribution in [3.05, 3.63) is 175 Å². The number of hydrogen-bond acceptors (Lipinski definition) is 3. The third-order valence-electron chi connectivity index (χ3n) is 10.3. The molecule has 0 saturated heterocycles. The molecule has 1 aliphatic carbocycles. The van der Waals surface area contributed by atoms with E-state index in [1.54, 1.807) is 0 Å². The van der Waals surface area contributed by atoms with Crippen LogP contribution in [0.15, 0.2) is 130 Å². The highest BCUT2D eigenvalue weighted by Crippen LogP contribution is 2.46. The van der Waals surface area contributed by atoms with E-state index in [0.29, 0.717) is 0 Å². The Hall–Kier alpha value is -4.45. The Balaban J connectivity index is 0.000000118. The fourth-order valence-corrected chi connectivity index (χ4v) is 8.15. The summed E-state index contributed by atoms with van der Waals surface area (Å²) in [6.07, 6.45) is 0. The van der Waals surface area contributed by atoms with E-state index in [1.165, 1.54) is 45.0 Å². The summed E-state index contributed by atoms with van der Waals surface area (Å²) in [6, 6.07) is 42.2. The Labute approximate surface area is 312 Å². The molecule has 2 aliphatic heterocycles. The number of rotatable bonds is 0. The van der Waals surface area contributed by atoms with Crippen molar-refractivity contribution in [1.82, 2.24) is 0 Å². The van der Waals surface area contributed by atoms with E-state index in [1.807, 2.05) is 26.0 Å². The van der Waals surface area contributed by atoms with Gasteiger partial charge in [0.15, 0.2) is 5.78 Å². The zero-order chi connectivity index (χ0) is 35.4. The van der Waals surface area contributed by atoms with Crippen LogP contribution in [-0.2, 0) is 10.8 Å². The lowest BCUT2D eigenvalue weighted by Crippen LogP contribution is -2.25. The lowest BCUT2D eigenvalue weighted by molar-refractivity contribution is 0.104. The largest absolute Gasteiger partial charge is 0.355 e. The van der Waals surface area contributed by atoms with Crippen molar-refractivity contribution in [1.29, 1.82) is 0 Å². The van der Waals surface area contributed by atoms with Crippen LogP contribution >= 0.6 is 31.9 Å². The molecule has 6 aromatic carbocycles. The minimum Gasteiger partial charge on any atom is -0.355 e. The minimum atomic E-state index is 0.0818. The van der Waals surface area contributed by atoms with Gasteiger partial charge in [-0.1, -0.05) is 132 Å². The van der Waals surface area contributed by atoms with E-state index < -0.39 is 0 Å². The van der Waals surface area contributed by atoms with Gasteiger partial charge in [0, 0.05) is 53.7 Å². The van der Waals surface area contributed by atoms with Crippen LogP contribution in [0.3, 0.4) is 0 Å². The average Bonchev–Trinajstić information content (AvgIpc) is 3.35. The summed E-state index contributed by atoms with van der Waals surface area (Å²) in [5, 5.41) is 6.99. The zero-order valence-corrected chi connectivity index (χ0v) is 32.4. The molecule has 6 aromatic rings. The lowest BCUT2D eigenvalue weighted by atomic mass is 9.74. The first-order valence-corrected chi connectivity index (χ1v) is 18.5. The van der Waals surface area contributed by atoms with Crippen LogP contribution in [0, 0.1) is 13.8 Å². The predicted molar refractivity (Wildman–Crippen MR) is 217 cm³/mol. The molecule has 9 rings (SSSR count). The van der Waals surface area contributed by atoms with Gasteiger partial charge in [-0.3, -0.25) is 4.79 Å². The highest BCUT2D eigenvalue weighted by atomic mass is 79.9. The summed E-state index contributed by atoms with van der Waals surface area (Å²) < 4.78 is 1.97. The van der Waals surface area contributed by atoms with Crippen LogP contribution in [0.5, 0.6) is 0 Å². The van der Waals surface area contributed by atoms with Gasteiger partial charge in [0.2, 0.25) is 0 Å². The summed E-state index contributed by atoms with van der Waals surface area (Å²) >= 11 is 6.98. The van der Waals surface area contributed by atoms with Crippen molar-refractivity contribution < 1.29 is 4.79 Å². The van der Waals surface area contributed by atoms with Crippen molar-refractivity contribution >= 4 is 60.4 Å². The highest BCUT2D eigenvalue weighted by molar-refractivity contribution is 9.10. The summed E-state index contributed by atoms with van der Waals surface area (Å²) in [5.41, 5.74) is 16.5. The number of hydrogen-bond donors (Lipinski definition) is 2. The van der Waals surface area contributed by atoms with Crippen molar-refractivity contribution in [3.8, 4) is 11.1 Å². The number of aryl methyl sites for hydroxylation is 2. The smallest absolute Gasteiger partial charge is 0.194 e. The van der Waals surface area contributed by atoms with Crippen molar-refractivity contribution in [2.45, 2.75) is 52.4 Å². The number of halogens is 2. The molecule has 50 heavy (non-hydrogen) atoms. The summed E-state index contributed by atoms with van der Waals surface area (Å²) in [5.74, 6) is 0.112. The summed E-state index contributed by atoms with van der Waals surface area (Å²) in [4.78, 5) is 12.4. The predicted octanol–water partition coefficient (Wildman–Crippen LogP) is 13.2. The molecule has 0 spiro atoms. The molecule has 0 unspecified atom stereocenters. The topological polar surface area (TPSA) is 41.1 Å². The van der Waals surface area contributed by atoms with Gasteiger partial charge in [-0.05, 0) is 107 Å². The molecule has 3 aliphatic rings. The van der Waals surface area contributed by atoms with Crippen LogP contribution < -0.4 is 10.6 Å². The van der Waals surface area contributed by atoms with E-state index in [9.17, 15) is 4.79 Å². The number of anilines is 4. The van der Waals surface area contributed by atoms with Crippen LogP contribution in [0.25, 0.3) is 11.1 Å². The van der Waals surface area contributed by atoms with Crippen LogP contribution in [-0.4, -0.2) is 5.78 Å². The van der Waals surface area contributed by atoms with Crippen LogP contribution in [0.2, 0.25) is 0 Å². The molecule has 250 valence electrons. The first-order valence-electron chi connectivity index (χ1n) is 17.0. The number of nitrogens with one attached hydrogen (secondary N) is 2. The monoisotopic (exact) mass is 782 g/mol. The maximum Gasteiger partial charge on any atom is 0.194 e. The molecule has 0 radical (unpaired) electrons. The Bertz CT molecular complexity index is 2050. The molecule has 5 heteroatoms. The van der Waals surface area contributed by atoms with E-state index in [2.05, 4.69) is 179 Å². The van der Waals surface area contributed by atoms with Gasteiger partial charge in [-0.2, -0.15) is 0 Å². The fourth-order valence-electron chi connectivity index (χ4n) is 7.46. The van der Waals surface area contributed by atoms with Crippen molar-refractivity contribution in [2.24, 2.45) is 0 Å². The highest BCUT2D eigenvalue weighted by Gasteiger charge is 2.33. The third kappa shape index (κ3) is 5.91. The number of carbonyl (C=O) groups is 1. The molecular formula is C45H40Br2N2O.